The molecule has 0 saturated carbocycles. The lowest BCUT2D eigenvalue weighted by molar-refractivity contribution is 0.211. The normalized spacial score (nSPS) is 22.7. The minimum Gasteiger partial charge on any atom is -0.330 e. The van der Waals surface area contributed by atoms with Gasteiger partial charge in [0.25, 0.3) is 0 Å². The van der Waals surface area contributed by atoms with E-state index >= 15 is 0 Å². The highest BCUT2D eigenvalue weighted by molar-refractivity contribution is 6.05. The van der Waals surface area contributed by atoms with Crippen LogP contribution in [0.4, 0.5) is 0 Å². The quantitative estimate of drug-likeness (QED) is 0.703. The largest absolute Gasteiger partial charge is 0.330 e. The van der Waals surface area contributed by atoms with Crippen molar-refractivity contribution in [3.63, 3.8) is 0 Å². The van der Waals surface area contributed by atoms with E-state index in [2.05, 4.69) is 48.4 Å². The molecular weight excluding hydrogens is 368 g/mol. The Labute approximate surface area is 181 Å². The Balaban J connectivity index is 1.18. The third kappa shape index (κ3) is 3.66. The van der Waals surface area contributed by atoms with Crippen molar-refractivity contribution in [3.05, 3.63) is 58.4 Å². The minimum absolute atomic E-state index is 0.622. The van der Waals surface area contributed by atoms with Crippen LogP contribution in [0.3, 0.4) is 0 Å². The molecule has 4 nitrogen and oxygen atoms in total. The number of nitrogens with zero attached hydrogens (tertiary/aromatic N) is 4. The van der Waals surface area contributed by atoms with E-state index in [9.17, 15) is 0 Å². The molecule has 30 heavy (non-hydrogen) atoms. The number of aryl methyl sites for hydroxylation is 1. The Morgan fingerprint density at radius 3 is 2.77 bits per heavy atom. The van der Waals surface area contributed by atoms with Crippen molar-refractivity contribution < 1.29 is 0 Å². The van der Waals surface area contributed by atoms with Crippen LogP contribution in [0.1, 0.15) is 62.1 Å². The van der Waals surface area contributed by atoms with Crippen LogP contribution in [-0.4, -0.2) is 47.5 Å². The summed E-state index contributed by atoms with van der Waals surface area (Å²) in [5, 5.41) is 0. The lowest BCUT2D eigenvalue weighted by atomic mass is 9.87. The Morgan fingerprint density at radius 2 is 1.93 bits per heavy atom. The highest BCUT2D eigenvalue weighted by Gasteiger charge is 2.29. The summed E-state index contributed by atoms with van der Waals surface area (Å²) in [5.74, 6) is 1.86. The van der Waals surface area contributed by atoms with E-state index in [1.165, 1.54) is 84.0 Å². The molecule has 0 unspecified atom stereocenters. The Kier molecular flexibility index (Phi) is 5.36. The van der Waals surface area contributed by atoms with Crippen molar-refractivity contribution >= 4 is 11.5 Å². The molecule has 2 fully saturated rings. The summed E-state index contributed by atoms with van der Waals surface area (Å²) in [6, 6.07) is 6.84. The van der Waals surface area contributed by atoms with Crippen LogP contribution >= 0.6 is 0 Å². The number of hydrogen-bond acceptors (Lipinski definition) is 4. The first-order valence-corrected chi connectivity index (χ1v) is 11.7. The number of rotatable bonds is 4. The predicted octanol–water partition coefficient (Wildman–Crippen LogP) is 5.09. The summed E-state index contributed by atoms with van der Waals surface area (Å²) in [4.78, 5) is 14.8. The van der Waals surface area contributed by atoms with Crippen LogP contribution < -0.4 is 0 Å². The molecule has 4 heterocycles. The number of hydrogen-bond donors (Lipinski definition) is 0. The Morgan fingerprint density at radius 1 is 1.10 bits per heavy atom. The molecule has 0 radical (unpaired) electrons. The summed E-state index contributed by atoms with van der Waals surface area (Å²) in [6.07, 6.45) is 7.12. The molecule has 4 aliphatic heterocycles. The fourth-order valence-corrected chi connectivity index (χ4v) is 5.59. The zero-order valence-electron chi connectivity index (χ0n) is 18.6. The zero-order chi connectivity index (χ0) is 20.7. The van der Waals surface area contributed by atoms with Gasteiger partial charge < -0.3 is 9.80 Å². The van der Waals surface area contributed by atoms with Gasteiger partial charge in [0, 0.05) is 48.1 Å². The predicted molar refractivity (Wildman–Crippen MR) is 125 cm³/mol. The molecule has 4 aliphatic rings. The maximum absolute atomic E-state index is 4.93. The van der Waals surface area contributed by atoms with E-state index in [1.54, 1.807) is 0 Å². The second-order valence-corrected chi connectivity index (χ2v) is 9.38. The lowest BCUT2D eigenvalue weighted by Gasteiger charge is -2.37. The van der Waals surface area contributed by atoms with Crippen molar-refractivity contribution in [2.24, 2.45) is 15.9 Å². The fraction of sp³-hybridized carbons (Fsp3) is 0.538. The highest BCUT2D eigenvalue weighted by Crippen LogP contribution is 2.32. The molecular formula is C26H34N4. The van der Waals surface area contributed by atoms with E-state index in [1.807, 2.05) is 0 Å². The molecule has 2 saturated heterocycles. The Bertz CT molecular complexity index is 944. The second kappa shape index (κ2) is 8.14. The summed E-state index contributed by atoms with van der Waals surface area (Å²) < 4.78 is 0. The third-order valence-electron chi connectivity index (χ3n) is 7.36. The van der Waals surface area contributed by atoms with E-state index in [4.69, 9.17) is 9.98 Å². The molecule has 0 atom stereocenters. The highest BCUT2D eigenvalue weighted by atomic mass is 15.2. The van der Waals surface area contributed by atoms with Gasteiger partial charge in [-0.15, -0.1) is 0 Å². The van der Waals surface area contributed by atoms with Crippen LogP contribution in [0, 0.1) is 12.8 Å². The molecule has 0 spiro atoms. The van der Waals surface area contributed by atoms with Crippen molar-refractivity contribution in [3.8, 4) is 0 Å². The van der Waals surface area contributed by atoms with E-state index in [0.717, 1.165) is 32.5 Å². The van der Waals surface area contributed by atoms with Gasteiger partial charge in [0.05, 0.1) is 6.54 Å². The van der Waals surface area contributed by atoms with Crippen molar-refractivity contribution in [1.29, 1.82) is 0 Å². The van der Waals surface area contributed by atoms with Crippen LogP contribution in [0.5, 0.6) is 0 Å². The number of piperidine rings is 2. The van der Waals surface area contributed by atoms with Gasteiger partial charge in [-0.1, -0.05) is 30.3 Å². The average Bonchev–Trinajstić information content (AvgIpc) is 3.17. The maximum atomic E-state index is 4.93. The lowest BCUT2D eigenvalue weighted by Crippen LogP contribution is -2.39. The molecule has 4 heteroatoms. The SMILES string of the molecule is C=C1C(CCN2CCC(C3=NCc4cc(C)ccc43)CC2)=C(C)N=C2CCCCN12. The molecule has 0 amide bonds. The zero-order valence-corrected chi connectivity index (χ0v) is 18.6. The summed E-state index contributed by atoms with van der Waals surface area (Å²) in [6.45, 7) is 14.2. The minimum atomic E-state index is 0.622. The first-order chi connectivity index (χ1) is 14.6. The first-order valence-electron chi connectivity index (χ1n) is 11.7. The second-order valence-electron chi connectivity index (χ2n) is 9.38. The first kappa shape index (κ1) is 19.7. The number of likely N-dealkylation sites (tertiary alicyclic amines) is 1. The molecule has 158 valence electrons. The molecule has 0 aromatic heterocycles. The van der Waals surface area contributed by atoms with Crippen molar-refractivity contribution in [1.82, 2.24) is 9.80 Å². The van der Waals surface area contributed by atoms with Gasteiger partial charge >= 0.3 is 0 Å². The standard InChI is InChI=1S/C26H34N4/c1-18-7-8-24-22(16-18)17-27-26(24)21-9-13-29(14-10-21)15-11-23-19(2)28-25-6-4-5-12-30(25)20(23)3/h7-8,16,21H,3-6,9-15,17H2,1-2H3. The number of aliphatic imine (C=N–C) groups is 2. The van der Waals surface area contributed by atoms with Crippen molar-refractivity contribution in [2.75, 3.05) is 26.2 Å². The van der Waals surface area contributed by atoms with Gasteiger partial charge in [0.1, 0.15) is 5.84 Å². The summed E-state index contributed by atoms with van der Waals surface area (Å²) in [7, 11) is 0. The molecule has 5 rings (SSSR count). The van der Waals surface area contributed by atoms with Gasteiger partial charge in [-0.2, -0.15) is 0 Å². The molecule has 0 N–H and O–H groups in total. The van der Waals surface area contributed by atoms with Crippen LogP contribution in [0.15, 0.2) is 51.7 Å². The average molecular weight is 403 g/mol. The monoisotopic (exact) mass is 402 g/mol. The smallest absolute Gasteiger partial charge is 0.109 e. The Hall–Kier alpha value is -2.20. The van der Waals surface area contributed by atoms with Crippen LogP contribution in [0.25, 0.3) is 0 Å². The number of allylic oxidation sites excluding steroid dienone is 2. The van der Waals surface area contributed by atoms with Gasteiger partial charge in [-0.05, 0) is 70.2 Å². The topological polar surface area (TPSA) is 31.2 Å². The van der Waals surface area contributed by atoms with Gasteiger partial charge in [-0.3, -0.25) is 4.99 Å². The van der Waals surface area contributed by atoms with Crippen molar-refractivity contribution in [2.45, 2.75) is 58.9 Å². The van der Waals surface area contributed by atoms with Gasteiger partial charge in [-0.25, -0.2) is 4.99 Å². The third-order valence-corrected chi connectivity index (χ3v) is 7.36. The summed E-state index contributed by atoms with van der Waals surface area (Å²) >= 11 is 0. The number of fused-ring (bicyclic) bond motifs is 2. The van der Waals surface area contributed by atoms with Gasteiger partial charge in [0.2, 0.25) is 0 Å². The molecule has 0 aliphatic carbocycles. The number of benzene rings is 1. The van der Waals surface area contributed by atoms with Crippen LogP contribution in [0.2, 0.25) is 0 Å². The summed E-state index contributed by atoms with van der Waals surface area (Å²) in [5.41, 5.74) is 9.31. The van der Waals surface area contributed by atoms with E-state index < -0.39 is 0 Å². The van der Waals surface area contributed by atoms with E-state index in [0.29, 0.717) is 5.92 Å². The maximum Gasteiger partial charge on any atom is 0.109 e. The molecule has 0 bridgehead atoms. The molecule has 1 aromatic carbocycles. The van der Waals surface area contributed by atoms with E-state index in [-0.39, 0.29) is 0 Å². The number of amidine groups is 1. The van der Waals surface area contributed by atoms with Crippen LogP contribution in [-0.2, 0) is 6.54 Å². The molecule has 1 aromatic rings. The fourth-order valence-electron chi connectivity index (χ4n) is 5.59. The van der Waals surface area contributed by atoms with Gasteiger partial charge in [0.15, 0.2) is 0 Å².